The smallest absolute Gasteiger partial charge is 0.0991 e. The maximum atomic E-state index is 9.95. The van der Waals surface area contributed by atoms with Crippen molar-refractivity contribution in [3.8, 4) is 6.07 Å². The summed E-state index contributed by atoms with van der Waals surface area (Å²) in [6.07, 6.45) is -0.523. The van der Waals surface area contributed by atoms with Crippen molar-refractivity contribution in [2.45, 2.75) is 13.0 Å². The third-order valence-electron chi connectivity index (χ3n) is 2.97. The van der Waals surface area contributed by atoms with E-state index in [0.29, 0.717) is 12.1 Å². The first-order valence-corrected chi connectivity index (χ1v) is 6.24. The van der Waals surface area contributed by atoms with Crippen molar-refractivity contribution >= 4 is 0 Å². The first-order valence-electron chi connectivity index (χ1n) is 6.24. The Hall–Kier alpha value is -1.41. The Morgan fingerprint density at radius 1 is 1.39 bits per heavy atom. The Morgan fingerprint density at radius 3 is 2.61 bits per heavy atom. The van der Waals surface area contributed by atoms with Crippen LogP contribution in [0.4, 0.5) is 0 Å². The normalized spacial score (nSPS) is 12.4. The molecule has 1 aromatic rings. The van der Waals surface area contributed by atoms with Crippen LogP contribution in [0.15, 0.2) is 24.3 Å². The van der Waals surface area contributed by atoms with E-state index in [1.54, 1.807) is 24.3 Å². The molecular formula is C14H21N3O. The quantitative estimate of drug-likeness (QED) is 0.709. The zero-order valence-corrected chi connectivity index (χ0v) is 11.1. The van der Waals surface area contributed by atoms with Crippen LogP contribution in [0.2, 0.25) is 0 Å². The van der Waals surface area contributed by atoms with Crippen molar-refractivity contribution in [1.29, 1.82) is 5.26 Å². The number of benzene rings is 1. The molecule has 0 saturated carbocycles. The predicted molar refractivity (Wildman–Crippen MR) is 72.2 cm³/mol. The fourth-order valence-electron chi connectivity index (χ4n) is 1.56. The summed E-state index contributed by atoms with van der Waals surface area (Å²) in [5.74, 6) is 0. The Morgan fingerprint density at radius 2 is 2.06 bits per heavy atom. The van der Waals surface area contributed by atoms with Gasteiger partial charge in [-0.05, 0) is 31.3 Å². The van der Waals surface area contributed by atoms with Gasteiger partial charge in [-0.2, -0.15) is 5.26 Å². The molecule has 0 aromatic heterocycles. The standard InChI is InChI=1S/C14H21N3O/c1-3-17(2)9-8-16-11-14(18)13-6-4-12(10-15)5-7-13/h4-7,14,16,18H,3,8-9,11H2,1-2H3. The summed E-state index contributed by atoms with van der Waals surface area (Å²) < 4.78 is 0. The molecule has 0 aliphatic heterocycles. The van der Waals surface area contributed by atoms with E-state index in [4.69, 9.17) is 5.26 Å². The molecule has 0 aliphatic rings. The molecule has 0 fully saturated rings. The van der Waals surface area contributed by atoms with Crippen LogP contribution >= 0.6 is 0 Å². The third kappa shape index (κ3) is 4.84. The Labute approximate surface area is 109 Å². The predicted octanol–water partition coefficient (Wildman–Crippen LogP) is 1.13. The molecule has 2 N–H and O–H groups in total. The van der Waals surface area contributed by atoms with E-state index in [1.807, 2.05) is 0 Å². The van der Waals surface area contributed by atoms with Crippen LogP contribution in [0, 0.1) is 11.3 Å². The fourth-order valence-corrected chi connectivity index (χ4v) is 1.56. The van der Waals surface area contributed by atoms with Crippen molar-refractivity contribution in [1.82, 2.24) is 10.2 Å². The van der Waals surface area contributed by atoms with Crippen LogP contribution in [0.25, 0.3) is 0 Å². The highest BCUT2D eigenvalue weighted by Gasteiger charge is 2.06. The number of hydrogen-bond acceptors (Lipinski definition) is 4. The van der Waals surface area contributed by atoms with Gasteiger partial charge in [0, 0.05) is 19.6 Å². The van der Waals surface area contributed by atoms with E-state index in [-0.39, 0.29) is 0 Å². The maximum absolute atomic E-state index is 9.95. The molecule has 0 radical (unpaired) electrons. The van der Waals surface area contributed by atoms with E-state index >= 15 is 0 Å². The molecule has 4 heteroatoms. The molecule has 1 unspecified atom stereocenters. The molecule has 0 heterocycles. The number of rotatable bonds is 7. The highest BCUT2D eigenvalue weighted by atomic mass is 16.3. The number of nitriles is 1. The first-order chi connectivity index (χ1) is 8.67. The van der Waals surface area contributed by atoms with Crippen LogP contribution in [-0.2, 0) is 0 Å². The zero-order chi connectivity index (χ0) is 13.4. The van der Waals surface area contributed by atoms with Gasteiger partial charge in [0.2, 0.25) is 0 Å². The van der Waals surface area contributed by atoms with E-state index in [1.165, 1.54) is 0 Å². The molecule has 1 atom stereocenters. The van der Waals surface area contributed by atoms with Crippen LogP contribution in [0.3, 0.4) is 0 Å². The average molecular weight is 247 g/mol. The van der Waals surface area contributed by atoms with Gasteiger partial charge >= 0.3 is 0 Å². The minimum Gasteiger partial charge on any atom is -0.387 e. The molecule has 0 amide bonds. The minimum atomic E-state index is -0.523. The highest BCUT2D eigenvalue weighted by Crippen LogP contribution is 2.12. The fraction of sp³-hybridized carbons (Fsp3) is 0.500. The summed E-state index contributed by atoms with van der Waals surface area (Å²) in [6, 6.07) is 9.10. The van der Waals surface area contributed by atoms with Gasteiger partial charge in [-0.15, -0.1) is 0 Å². The van der Waals surface area contributed by atoms with Crippen molar-refractivity contribution in [2.24, 2.45) is 0 Å². The van der Waals surface area contributed by atoms with Crippen molar-refractivity contribution in [2.75, 3.05) is 33.2 Å². The van der Waals surface area contributed by atoms with Gasteiger partial charge in [-0.1, -0.05) is 19.1 Å². The molecule has 0 bridgehead atoms. The lowest BCUT2D eigenvalue weighted by Gasteiger charge is -2.16. The van der Waals surface area contributed by atoms with Gasteiger partial charge in [0.15, 0.2) is 0 Å². The molecule has 18 heavy (non-hydrogen) atoms. The third-order valence-corrected chi connectivity index (χ3v) is 2.97. The number of hydrogen-bond donors (Lipinski definition) is 2. The molecule has 1 rings (SSSR count). The van der Waals surface area contributed by atoms with Gasteiger partial charge in [0.05, 0.1) is 17.7 Å². The zero-order valence-electron chi connectivity index (χ0n) is 11.1. The van der Waals surface area contributed by atoms with Gasteiger partial charge in [-0.25, -0.2) is 0 Å². The second-order valence-electron chi connectivity index (χ2n) is 4.35. The molecule has 98 valence electrons. The Balaban J connectivity index is 2.32. The number of nitrogens with one attached hydrogen (secondary N) is 1. The molecule has 0 aliphatic carbocycles. The summed E-state index contributed by atoms with van der Waals surface area (Å²) in [5.41, 5.74) is 1.45. The molecule has 4 nitrogen and oxygen atoms in total. The minimum absolute atomic E-state index is 0.523. The van der Waals surface area contributed by atoms with Crippen LogP contribution in [0.1, 0.15) is 24.2 Å². The van der Waals surface area contributed by atoms with Gasteiger partial charge < -0.3 is 15.3 Å². The van der Waals surface area contributed by atoms with E-state index in [2.05, 4.69) is 30.3 Å². The topological polar surface area (TPSA) is 59.3 Å². The molecular weight excluding hydrogens is 226 g/mol. The van der Waals surface area contributed by atoms with Crippen LogP contribution in [0.5, 0.6) is 0 Å². The largest absolute Gasteiger partial charge is 0.387 e. The molecule has 1 aromatic carbocycles. The Kier molecular flexibility index (Phi) is 6.37. The number of aliphatic hydroxyl groups is 1. The molecule has 0 saturated heterocycles. The number of nitrogens with zero attached hydrogens (tertiary/aromatic N) is 2. The second kappa shape index (κ2) is 7.83. The van der Waals surface area contributed by atoms with E-state index in [0.717, 1.165) is 25.2 Å². The van der Waals surface area contributed by atoms with Gasteiger partial charge in [-0.3, -0.25) is 0 Å². The Bertz CT molecular complexity index is 383. The molecule has 0 spiro atoms. The first kappa shape index (κ1) is 14.7. The SMILES string of the molecule is CCN(C)CCNCC(O)c1ccc(C#N)cc1. The van der Waals surface area contributed by atoms with Crippen molar-refractivity contribution in [3.05, 3.63) is 35.4 Å². The summed E-state index contributed by atoms with van der Waals surface area (Å²) in [4.78, 5) is 2.21. The highest BCUT2D eigenvalue weighted by molar-refractivity contribution is 5.32. The average Bonchev–Trinajstić information content (AvgIpc) is 2.43. The lowest BCUT2D eigenvalue weighted by Crippen LogP contribution is -2.31. The van der Waals surface area contributed by atoms with Gasteiger partial charge in [0.1, 0.15) is 0 Å². The van der Waals surface area contributed by atoms with Crippen molar-refractivity contribution in [3.63, 3.8) is 0 Å². The summed E-state index contributed by atoms with van der Waals surface area (Å²) in [5, 5.41) is 21.9. The maximum Gasteiger partial charge on any atom is 0.0991 e. The summed E-state index contributed by atoms with van der Waals surface area (Å²) >= 11 is 0. The summed E-state index contributed by atoms with van der Waals surface area (Å²) in [6.45, 7) is 5.50. The lowest BCUT2D eigenvalue weighted by atomic mass is 10.1. The monoisotopic (exact) mass is 247 g/mol. The number of likely N-dealkylation sites (N-methyl/N-ethyl adjacent to an activating group) is 1. The van der Waals surface area contributed by atoms with Crippen LogP contribution in [-0.4, -0.2) is 43.2 Å². The lowest BCUT2D eigenvalue weighted by molar-refractivity contribution is 0.173. The second-order valence-corrected chi connectivity index (χ2v) is 4.35. The number of aliphatic hydroxyl groups excluding tert-OH is 1. The van der Waals surface area contributed by atoms with Crippen LogP contribution < -0.4 is 5.32 Å². The summed E-state index contributed by atoms with van der Waals surface area (Å²) in [7, 11) is 2.07. The van der Waals surface area contributed by atoms with E-state index in [9.17, 15) is 5.11 Å². The van der Waals surface area contributed by atoms with Gasteiger partial charge in [0.25, 0.3) is 0 Å². The van der Waals surface area contributed by atoms with E-state index < -0.39 is 6.10 Å². The van der Waals surface area contributed by atoms with Crippen molar-refractivity contribution < 1.29 is 5.11 Å².